The smallest absolute Gasteiger partial charge is 0.383 e. The Kier molecular flexibility index (Phi) is 7.29. The maximum Gasteiger partial charge on any atom is 0.416 e. The average molecular weight is 472 g/mol. The van der Waals surface area contributed by atoms with Crippen molar-refractivity contribution in [2.75, 3.05) is 24.7 Å². The molecule has 1 unspecified atom stereocenters. The lowest BCUT2D eigenvalue weighted by atomic mass is 10.1. The van der Waals surface area contributed by atoms with Gasteiger partial charge in [-0.05, 0) is 48.7 Å². The molecule has 7 nitrogen and oxygen atoms in total. The van der Waals surface area contributed by atoms with Gasteiger partial charge >= 0.3 is 22.3 Å². The van der Waals surface area contributed by atoms with Crippen molar-refractivity contribution in [2.24, 2.45) is 0 Å². The van der Waals surface area contributed by atoms with Crippen LogP contribution in [-0.2, 0) is 27.6 Å². The summed E-state index contributed by atoms with van der Waals surface area (Å²) in [6.07, 6.45) is -2.12. The number of nitrogens with one attached hydrogen (secondary N) is 1. The third kappa shape index (κ3) is 7.13. The van der Waals surface area contributed by atoms with E-state index in [0.717, 1.165) is 31.2 Å². The zero-order valence-corrected chi connectivity index (χ0v) is 18.1. The number of rotatable bonds is 7. The maximum atomic E-state index is 13.0. The second kappa shape index (κ2) is 9.78. The van der Waals surface area contributed by atoms with Crippen molar-refractivity contribution in [1.82, 2.24) is 4.90 Å². The number of nitrogens with zero attached hydrogens (tertiary/aromatic N) is 1. The Morgan fingerprint density at radius 1 is 1.22 bits per heavy atom. The molecule has 0 bridgehead atoms. The van der Waals surface area contributed by atoms with Crippen molar-refractivity contribution in [3.63, 3.8) is 0 Å². The van der Waals surface area contributed by atoms with Crippen LogP contribution >= 0.6 is 0 Å². The van der Waals surface area contributed by atoms with Gasteiger partial charge in [-0.15, -0.1) is 0 Å². The van der Waals surface area contributed by atoms with Gasteiger partial charge in [-0.25, -0.2) is 4.79 Å². The number of hydrogen-bond donors (Lipinski definition) is 1. The second-order valence-corrected chi connectivity index (χ2v) is 9.03. The van der Waals surface area contributed by atoms with Crippen LogP contribution in [0.25, 0.3) is 0 Å². The molecule has 11 heteroatoms. The fourth-order valence-corrected chi connectivity index (χ4v) is 3.74. The lowest BCUT2D eigenvalue weighted by molar-refractivity contribution is -0.137. The van der Waals surface area contributed by atoms with E-state index in [1.54, 1.807) is 12.1 Å². The van der Waals surface area contributed by atoms with Crippen LogP contribution in [0.5, 0.6) is 5.75 Å². The van der Waals surface area contributed by atoms with E-state index in [4.69, 9.17) is 8.92 Å². The van der Waals surface area contributed by atoms with Gasteiger partial charge in [0.2, 0.25) is 0 Å². The molecule has 2 aromatic carbocycles. The highest BCUT2D eigenvalue weighted by molar-refractivity contribution is 7.86. The fraction of sp³-hybridized carbons (Fsp3) is 0.381. The van der Waals surface area contributed by atoms with E-state index in [1.807, 2.05) is 0 Å². The number of ether oxygens (including phenoxy) is 1. The summed E-state index contributed by atoms with van der Waals surface area (Å²) in [5.74, 6) is 0.135. The van der Waals surface area contributed by atoms with Crippen LogP contribution in [0.4, 0.5) is 23.7 Å². The predicted molar refractivity (Wildman–Crippen MR) is 112 cm³/mol. The van der Waals surface area contributed by atoms with Crippen molar-refractivity contribution in [3.8, 4) is 5.75 Å². The van der Waals surface area contributed by atoms with Gasteiger partial charge < -0.3 is 19.1 Å². The number of amides is 2. The molecule has 32 heavy (non-hydrogen) atoms. The predicted octanol–water partition coefficient (Wildman–Crippen LogP) is 4.26. The van der Waals surface area contributed by atoms with Gasteiger partial charge in [-0.2, -0.15) is 21.6 Å². The molecule has 0 aromatic heterocycles. The van der Waals surface area contributed by atoms with E-state index in [9.17, 15) is 26.4 Å². The fourth-order valence-electron chi connectivity index (χ4n) is 3.27. The molecular formula is C21H23F3N2O5S. The molecular weight excluding hydrogens is 449 g/mol. The molecule has 1 atom stereocenters. The summed E-state index contributed by atoms with van der Waals surface area (Å²) in [7, 11) is -3.66. The first-order valence-electron chi connectivity index (χ1n) is 9.83. The number of carbonyl (C=O) groups excluding carboxylic acids is 1. The number of halogens is 3. The minimum atomic E-state index is -4.52. The SMILES string of the molecule is CS(=O)(=O)Oc1ccc(CN(CC2CCCO2)C(=O)Nc2cccc(C(F)(F)F)c2)cc1. The van der Waals surface area contributed by atoms with Crippen molar-refractivity contribution in [2.45, 2.75) is 31.7 Å². The lowest BCUT2D eigenvalue weighted by Crippen LogP contribution is -2.39. The maximum absolute atomic E-state index is 13.0. The van der Waals surface area contributed by atoms with Gasteiger partial charge in [0.05, 0.1) is 17.9 Å². The third-order valence-corrected chi connectivity index (χ3v) is 5.22. The summed E-state index contributed by atoms with van der Waals surface area (Å²) in [5, 5.41) is 2.52. The molecule has 1 aliphatic rings. The first-order valence-corrected chi connectivity index (χ1v) is 11.6. The molecule has 174 valence electrons. The molecule has 2 amide bonds. The Hall–Kier alpha value is -2.79. The van der Waals surface area contributed by atoms with Crippen LogP contribution in [-0.4, -0.2) is 44.9 Å². The molecule has 2 aromatic rings. The van der Waals surface area contributed by atoms with Crippen LogP contribution in [0, 0.1) is 0 Å². The molecule has 0 spiro atoms. The summed E-state index contributed by atoms with van der Waals surface area (Å²) in [6, 6.07) is 9.99. The van der Waals surface area contributed by atoms with E-state index in [2.05, 4.69) is 5.32 Å². The van der Waals surface area contributed by atoms with Crippen LogP contribution in [0.3, 0.4) is 0 Å². The summed E-state index contributed by atoms with van der Waals surface area (Å²) >= 11 is 0. The van der Waals surface area contributed by atoms with Gasteiger partial charge in [0.1, 0.15) is 5.75 Å². The molecule has 0 saturated carbocycles. The second-order valence-electron chi connectivity index (χ2n) is 7.46. The van der Waals surface area contributed by atoms with E-state index < -0.39 is 27.9 Å². The monoisotopic (exact) mass is 472 g/mol. The minimum absolute atomic E-state index is 0.0269. The van der Waals surface area contributed by atoms with E-state index in [0.29, 0.717) is 12.2 Å². The summed E-state index contributed by atoms with van der Waals surface area (Å²) in [6.45, 7) is 0.988. The normalized spacial score (nSPS) is 16.6. The largest absolute Gasteiger partial charge is 0.416 e. The molecule has 0 aliphatic carbocycles. The Morgan fingerprint density at radius 2 is 1.94 bits per heavy atom. The molecule has 3 rings (SSSR count). The van der Waals surface area contributed by atoms with Crippen LogP contribution in [0.2, 0.25) is 0 Å². The van der Waals surface area contributed by atoms with Crippen LogP contribution in [0.15, 0.2) is 48.5 Å². The molecule has 1 aliphatic heterocycles. The van der Waals surface area contributed by atoms with Gasteiger partial charge in [-0.3, -0.25) is 0 Å². The van der Waals surface area contributed by atoms with Crippen molar-refractivity contribution in [1.29, 1.82) is 0 Å². The quantitative estimate of drug-likeness (QED) is 0.609. The number of anilines is 1. The van der Waals surface area contributed by atoms with Crippen LogP contribution < -0.4 is 9.50 Å². The van der Waals surface area contributed by atoms with Gasteiger partial charge in [0.15, 0.2) is 0 Å². The Morgan fingerprint density at radius 3 is 2.53 bits per heavy atom. The number of benzene rings is 2. The Bertz CT molecular complexity index is 1040. The zero-order chi connectivity index (χ0) is 23.4. The minimum Gasteiger partial charge on any atom is -0.383 e. The number of carbonyl (C=O) groups is 1. The highest BCUT2D eigenvalue weighted by Gasteiger charge is 2.31. The standard InChI is InChI=1S/C21H23F3N2O5S/c1-32(28,29)31-18-9-7-15(8-10-18)13-26(14-19-6-3-11-30-19)20(27)25-17-5-2-4-16(12-17)21(22,23)24/h2,4-5,7-10,12,19H,3,6,11,13-14H2,1H3,(H,25,27). The number of alkyl halides is 3. The van der Waals surface area contributed by atoms with E-state index >= 15 is 0 Å². The van der Waals surface area contributed by atoms with Gasteiger partial charge in [0, 0.05) is 25.4 Å². The molecule has 1 N–H and O–H groups in total. The number of urea groups is 1. The van der Waals surface area contributed by atoms with Crippen molar-refractivity contribution in [3.05, 3.63) is 59.7 Å². The van der Waals surface area contributed by atoms with E-state index in [-0.39, 0.29) is 30.6 Å². The van der Waals surface area contributed by atoms with Crippen molar-refractivity contribution >= 4 is 21.8 Å². The average Bonchev–Trinajstić information content (AvgIpc) is 3.20. The molecule has 1 heterocycles. The Balaban J connectivity index is 1.74. The van der Waals surface area contributed by atoms with Crippen molar-refractivity contribution < 1.29 is 35.3 Å². The van der Waals surface area contributed by atoms with E-state index in [1.165, 1.54) is 29.2 Å². The summed E-state index contributed by atoms with van der Waals surface area (Å²) in [5.41, 5.74) is -0.149. The highest BCUT2D eigenvalue weighted by atomic mass is 32.2. The third-order valence-electron chi connectivity index (χ3n) is 4.72. The first kappa shape index (κ1) is 23.9. The molecule has 1 saturated heterocycles. The summed E-state index contributed by atoms with van der Waals surface area (Å²) in [4.78, 5) is 14.3. The Labute approximate surface area is 184 Å². The highest BCUT2D eigenvalue weighted by Crippen LogP contribution is 2.30. The first-order chi connectivity index (χ1) is 15.0. The zero-order valence-electron chi connectivity index (χ0n) is 17.3. The molecule has 1 fully saturated rings. The molecule has 0 radical (unpaired) electrons. The van der Waals surface area contributed by atoms with Gasteiger partial charge in [-0.1, -0.05) is 18.2 Å². The summed E-state index contributed by atoms with van der Waals surface area (Å²) < 4.78 is 71.8. The van der Waals surface area contributed by atoms with Crippen LogP contribution in [0.1, 0.15) is 24.0 Å². The lowest BCUT2D eigenvalue weighted by Gasteiger charge is -2.26. The number of hydrogen-bond acceptors (Lipinski definition) is 5. The van der Waals surface area contributed by atoms with Gasteiger partial charge in [0.25, 0.3) is 0 Å². The topological polar surface area (TPSA) is 84.9 Å².